The summed E-state index contributed by atoms with van der Waals surface area (Å²) in [5, 5.41) is 5.71. The summed E-state index contributed by atoms with van der Waals surface area (Å²) in [7, 11) is 2.11. The lowest BCUT2D eigenvalue weighted by atomic mass is 10.1. The third-order valence-corrected chi connectivity index (χ3v) is 5.22. The first-order chi connectivity index (χ1) is 13.4. The SMILES string of the molecule is C[C@@H]1CN(C)[C@@H](C)CN1CC(=O)Nc1ccccc1C(=O)NCc1ccco1. The Balaban J connectivity index is 1.61. The number of piperazine rings is 1. The van der Waals surface area contributed by atoms with Gasteiger partial charge in [-0.3, -0.25) is 14.5 Å². The molecule has 2 aromatic rings. The molecule has 7 nitrogen and oxygen atoms in total. The number of furan rings is 1. The van der Waals surface area contributed by atoms with Gasteiger partial charge in [0.25, 0.3) is 5.91 Å². The van der Waals surface area contributed by atoms with Crippen LogP contribution in [0.2, 0.25) is 0 Å². The lowest BCUT2D eigenvalue weighted by Gasteiger charge is -2.42. The fraction of sp³-hybridized carbons (Fsp3) is 0.429. The van der Waals surface area contributed by atoms with Crippen LogP contribution < -0.4 is 10.6 Å². The highest BCUT2D eigenvalue weighted by molar-refractivity contribution is 6.04. The molecule has 7 heteroatoms. The molecule has 0 aliphatic carbocycles. The van der Waals surface area contributed by atoms with E-state index in [9.17, 15) is 9.59 Å². The van der Waals surface area contributed by atoms with E-state index in [2.05, 4.69) is 41.3 Å². The van der Waals surface area contributed by atoms with Crippen molar-refractivity contribution in [3.8, 4) is 0 Å². The van der Waals surface area contributed by atoms with Gasteiger partial charge in [-0.25, -0.2) is 0 Å². The zero-order valence-corrected chi connectivity index (χ0v) is 16.6. The quantitative estimate of drug-likeness (QED) is 0.798. The third-order valence-electron chi connectivity index (χ3n) is 5.22. The highest BCUT2D eigenvalue weighted by atomic mass is 16.3. The Kier molecular flexibility index (Phi) is 6.49. The zero-order chi connectivity index (χ0) is 20.1. The molecule has 3 rings (SSSR count). The number of rotatable bonds is 6. The van der Waals surface area contributed by atoms with Crippen LogP contribution in [0.3, 0.4) is 0 Å². The predicted octanol–water partition coefficient (Wildman–Crippen LogP) is 2.17. The molecule has 0 unspecified atom stereocenters. The summed E-state index contributed by atoms with van der Waals surface area (Å²) >= 11 is 0. The Morgan fingerprint density at radius 1 is 1.11 bits per heavy atom. The van der Waals surface area contributed by atoms with E-state index in [1.807, 2.05) is 0 Å². The summed E-state index contributed by atoms with van der Waals surface area (Å²) in [6, 6.07) is 11.3. The molecule has 1 fully saturated rings. The van der Waals surface area contributed by atoms with Crippen molar-refractivity contribution in [3.05, 3.63) is 54.0 Å². The van der Waals surface area contributed by atoms with Crippen LogP contribution in [-0.2, 0) is 11.3 Å². The topological polar surface area (TPSA) is 77.8 Å². The molecule has 150 valence electrons. The van der Waals surface area contributed by atoms with Gasteiger partial charge in [-0.15, -0.1) is 0 Å². The number of benzene rings is 1. The van der Waals surface area contributed by atoms with Crippen LogP contribution in [0.25, 0.3) is 0 Å². The summed E-state index contributed by atoms with van der Waals surface area (Å²) in [6.45, 7) is 6.67. The van der Waals surface area contributed by atoms with E-state index in [1.165, 1.54) is 0 Å². The molecular weight excluding hydrogens is 356 g/mol. The van der Waals surface area contributed by atoms with Crippen LogP contribution in [0.4, 0.5) is 5.69 Å². The Morgan fingerprint density at radius 3 is 2.64 bits per heavy atom. The second-order valence-corrected chi connectivity index (χ2v) is 7.42. The number of likely N-dealkylation sites (N-methyl/N-ethyl adjacent to an activating group) is 1. The average molecular weight is 384 g/mol. The number of nitrogens with one attached hydrogen (secondary N) is 2. The van der Waals surface area contributed by atoms with Gasteiger partial charge in [0.1, 0.15) is 5.76 Å². The second kappa shape index (κ2) is 9.03. The molecule has 28 heavy (non-hydrogen) atoms. The Bertz CT molecular complexity index is 806. The van der Waals surface area contributed by atoms with Crippen LogP contribution in [0.1, 0.15) is 30.0 Å². The molecule has 1 aliphatic heterocycles. The predicted molar refractivity (Wildman–Crippen MR) is 108 cm³/mol. The molecule has 0 spiro atoms. The number of hydrogen-bond donors (Lipinski definition) is 2. The average Bonchev–Trinajstić information content (AvgIpc) is 3.18. The minimum absolute atomic E-state index is 0.116. The van der Waals surface area contributed by atoms with Crippen molar-refractivity contribution < 1.29 is 14.0 Å². The van der Waals surface area contributed by atoms with E-state index < -0.39 is 0 Å². The van der Waals surface area contributed by atoms with Crippen molar-refractivity contribution in [2.75, 3.05) is 32.0 Å². The molecule has 1 saturated heterocycles. The summed E-state index contributed by atoms with van der Waals surface area (Å²) in [5.41, 5.74) is 0.946. The van der Waals surface area contributed by atoms with Gasteiger partial charge in [0.15, 0.2) is 0 Å². The van der Waals surface area contributed by atoms with E-state index in [0.717, 1.165) is 13.1 Å². The first kappa shape index (κ1) is 20.1. The maximum Gasteiger partial charge on any atom is 0.253 e. The summed E-state index contributed by atoms with van der Waals surface area (Å²) < 4.78 is 5.23. The van der Waals surface area contributed by atoms with E-state index in [-0.39, 0.29) is 11.8 Å². The summed E-state index contributed by atoms with van der Waals surface area (Å²) in [6.07, 6.45) is 1.57. The van der Waals surface area contributed by atoms with Crippen molar-refractivity contribution in [1.29, 1.82) is 0 Å². The van der Waals surface area contributed by atoms with Crippen LogP contribution in [0, 0.1) is 0 Å². The molecule has 1 aliphatic rings. The molecule has 2 N–H and O–H groups in total. The molecule has 2 heterocycles. The van der Waals surface area contributed by atoms with E-state index in [0.29, 0.717) is 42.2 Å². The van der Waals surface area contributed by atoms with Crippen molar-refractivity contribution in [2.24, 2.45) is 0 Å². The largest absolute Gasteiger partial charge is 0.467 e. The van der Waals surface area contributed by atoms with Gasteiger partial charge < -0.3 is 20.0 Å². The lowest BCUT2D eigenvalue weighted by molar-refractivity contribution is -0.118. The van der Waals surface area contributed by atoms with Crippen LogP contribution in [0.5, 0.6) is 0 Å². The fourth-order valence-electron chi connectivity index (χ4n) is 3.43. The van der Waals surface area contributed by atoms with Crippen molar-refractivity contribution >= 4 is 17.5 Å². The van der Waals surface area contributed by atoms with E-state index >= 15 is 0 Å². The van der Waals surface area contributed by atoms with Gasteiger partial charge in [-0.1, -0.05) is 12.1 Å². The summed E-state index contributed by atoms with van der Waals surface area (Å²) in [4.78, 5) is 29.6. The van der Waals surface area contributed by atoms with Gasteiger partial charge in [0.05, 0.1) is 30.6 Å². The highest BCUT2D eigenvalue weighted by Gasteiger charge is 2.28. The molecule has 0 radical (unpaired) electrons. The first-order valence-corrected chi connectivity index (χ1v) is 9.57. The Morgan fingerprint density at radius 2 is 1.89 bits per heavy atom. The molecule has 2 atom stereocenters. The maximum absolute atomic E-state index is 12.6. The number of anilines is 1. The van der Waals surface area contributed by atoms with Crippen molar-refractivity contribution in [3.63, 3.8) is 0 Å². The first-order valence-electron chi connectivity index (χ1n) is 9.57. The smallest absolute Gasteiger partial charge is 0.253 e. The molecular formula is C21H28N4O3. The monoisotopic (exact) mass is 384 g/mol. The molecule has 0 saturated carbocycles. The Labute approximate surface area is 165 Å². The van der Waals surface area contributed by atoms with Gasteiger partial charge in [0, 0.05) is 25.2 Å². The normalized spacial score (nSPS) is 20.7. The van der Waals surface area contributed by atoms with E-state index in [1.54, 1.807) is 42.7 Å². The third kappa shape index (κ3) is 4.99. The fourth-order valence-corrected chi connectivity index (χ4v) is 3.43. The van der Waals surface area contributed by atoms with Crippen LogP contribution >= 0.6 is 0 Å². The maximum atomic E-state index is 12.6. The number of carbonyl (C=O) groups excluding carboxylic acids is 2. The van der Waals surface area contributed by atoms with Crippen LogP contribution in [-0.4, -0.2) is 60.4 Å². The number of carbonyl (C=O) groups is 2. The standard InChI is InChI=1S/C21H28N4O3/c1-15-13-25(16(2)12-24(15)3)14-20(26)23-19-9-5-4-8-18(19)21(27)22-11-17-7-6-10-28-17/h4-10,15-16H,11-14H2,1-3H3,(H,22,27)(H,23,26)/t15-,16+/m0/s1. The van der Waals surface area contributed by atoms with Crippen molar-refractivity contribution in [2.45, 2.75) is 32.5 Å². The molecule has 2 amide bonds. The van der Waals surface area contributed by atoms with Crippen LogP contribution in [0.15, 0.2) is 47.1 Å². The van der Waals surface area contributed by atoms with Crippen molar-refractivity contribution in [1.82, 2.24) is 15.1 Å². The highest BCUT2D eigenvalue weighted by Crippen LogP contribution is 2.17. The second-order valence-electron chi connectivity index (χ2n) is 7.42. The minimum atomic E-state index is -0.256. The molecule has 1 aromatic carbocycles. The number of nitrogens with zero attached hydrogens (tertiary/aromatic N) is 2. The lowest BCUT2D eigenvalue weighted by Crippen LogP contribution is -2.56. The summed E-state index contributed by atoms with van der Waals surface area (Å²) in [5.74, 6) is 0.303. The Hall–Kier alpha value is -2.64. The van der Waals surface area contributed by atoms with E-state index in [4.69, 9.17) is 4.42 Å². The van der Waals surface area contributed by atoms with Gasteiger partial charge in [-0.05, 0) is 45.2 Å². The van der Waals surface area contributed by atoms with Gasteiger partial charge in [-0.2, -0.15) is 0 Å². The molecule has 0 bridgehead atoms. The number of para-hydroxylation sites is 1. The zero-order valence-electron chi connectivity index (χ0n) is 16.6. The number of amides is 2. The van der Waals surface area contributed by atoms with Gasteiger partial charge in [0.2, 0.25) is 5.91 Å². The number of hydrogen-bond acceptors (Lipinski definition) is 5. The molecule has 1 aromatic heterocycles. The minimum Gasteiger partial charge on any atom is -0.467 e. The van der Waals surface area contributed by atoms with Gasteiger partial charge >= 0.3 is 0 Å².